The van der Waals surface area contributed by atoms with Crippen LogP contribution in [0.15, 0.2) is 30.3 Å². The average molecular weight is 331 g/mol. The lowest BCUT2D eigenvalue weighted by molar-refractivity contribution is 0.514. The van der Waals surface area contributed by atoms with E-state index in [9.17, 15) is 8.78 Å². The molecular weight excluding hydrogens is 325 g/mol. The summed E-state index contributed by atoms with van der Waals surface area (Å²) < 4.78 is 29.0. The lowest BCUT2D eigenvalue weighted by Crippen LogP contribution is -1.98. The van der Waals surface area contributed by atoms with Gasteiger partial charge in [0.25, 0.3) is 0 Å². The maximum absolute atomic E-state index is 14.1. The predicted molar refractivity (Wildman–Crippen MR) is 78.4 cm³/mol. The van der Waals surface area contributed by atoms with E-state index in [0.717, 1.165) is 6.07 Å². The van der Waals surface area contributed by atoms with Gasteiger partial charge in [-0.3, -0.25) is 4.57 Å². The number of nitrogens with one attached hydrogen (secondary N) is 1. The van der Waals surface area contributed by atoms with Crippen LogP contribution in [0, 0.1) is 16.4 Å². The van der Waals surface area contributed by atoms with Crippen molar-refractivity contribution in [1.82, 2.24) is 9.55 Å². The molecule has 3 aromatic rings. The Morgan fingerprint density at radius 2 is 1.85 bits per heavy atom. The molecule has 20 heavy (non-hydrogen) atoms. The van der Waals surface area contributed by atoms with Crippen LogP contribution in [-0.2, 0) is 0 Å². The molecule has 0 unspecified atom stereocenters. The van der Waals surface area contributed by atoms with E-state index in [1.165, 1.54) is 10.6 Å². The zero-order chi connectivity index (χ0) is 14.4. The number of benzene rings is 2. The predicted octanol–water partition coefficient (Wildman–Crippen LogP) is 5.27. The molecule has 0 aliphatic rings. The van der Waals surface area contributed by atoms with Crippen molar-refractivity contribution in [2.75, 3.05) is 0 Å². The Morgan fingerprint density at radius 3 is 2.60 bits per heavy atom. The van der Waals surface area contributed by atoms with Gasteiger partial charge >= 0.3 is 0 Å². The minimum atomic E-state index is -0.995. The highest BCUT2D eigenvalue weighted by molar-refractivity contribution is 7.71. The third-order valence-electron chi connectivity index (χ3n) is 2.91. The van der Waals surface area contributed by atoms with E-state index >= 15 is 0 Å². The third kappa shape index (κ3) is 1.93. The maximum atomic E-state index is 14.1. The molecule has 0 bridgehead atoms. The minimum Gasteiger partial charge on any atom is -0.330 e. The summed E-state index contributed by atoms with van der Waals surface area (Å²) in [5, 5.41) is 0.520. The van der Waals surface area contributed by atoms with Gasteiger partial charge in [0.05, 0.1) is 21.2 Å². The Labute approximate surface area is 127 Å². The van der Waals surface area contributed by atoms with E-state index < -0.39 is 11.6 Å². The topological polar surface area (TPSA) is 20.7 Å². The summed E-state index contributed by atoms with van der Waals surface area (Å²) in [6, 6.07) is 7.33. The Hall–Kier alpha value is -1.43. The highest BCUT2D eigenvalue weighted by Gasteiger charge is 2.17. The van der Waals surface area contributed by atoms with Gasteiger partial charge in [0.1, 0.15) is 5.52 Å². The van der Waals surface area contributed by atoms with Crippen LogP contribution in [0.4, 0.5) is 8.78 Å². The average Bonchev–Trinajstić information content (AvgIpc) is 2.75. The SMILES string of the molecule is Fc1ccc2[nH]c(=S)n(-c3cccc(Cl)c3Cl)c2c1F. The molecule has 102 valence electrons. The Morgan fingerprint density at radius 1 is 1.10 bits per heavy atom. The molecule has 1 heterocycles. The van der Waals surface area contributed by atoms with Crippen molar-refractivity contribution < 1.29 is 8.78 Å². The van der Waals surface area contributed by atoms with Gasteiger partial charge in [0.15, 0.2) is 16.4 Å². The van der Waals surface area contributed by atoms with Gasteiger partial charge < -0.3 is 4.98 Å². The van der Waals surface area contributed by atoms with E-state index in [1.807, 2.05) is 0 Å². The van der Waals surface area contributed by atoms with Gasteiger partial charge in [-0.1, -0.05) is 29.3 Å². The lowest BCUT2D eigenvalue weighted by atomic mass is 10.2. The molecule has 0 radical (unpaired) electrons. The Kier molecular flexibility index (Phi) is 3.28. The third-order valence-corrected chi connectivity index (χ3v) is 4.00. The standard InChI is InChI=1S/C13H6Cl2F2N2S/c14-6-2-1-3-9(10(6)15)19-12-8(18-13(19)20)5-4-7(16)11(12)17/h1-5H,(H,18,20). The second-order valence-corrected chi connectivity index (χ2v) is 5.27. The first-order valence-electron chi connectivity index (χ1n) is 5.54. The molecule has 3 rings (SSSR count). The molecule has 0 atom stereocenters. The van der Waals surface area contributed by atoms with Crippen molar-refractivity contribution in [3.8, 4) is 5.69 Å². The Bertz CT molecular complexity index is 886. The molecule has 0 amide bonds. The number of halogens is 4. The summed E-state index contributed by atoms with van der Waals surface area (Å²) in [6.07, 6.45) is 0. The van der Waals surface area contributed by atoms with Crippen LogP contribution in [0.25, 0.3) is 16.7 Å². The molecule has 2 nitrogen and oxygen atoms in total. The van der Waals surface area contributed by atoms with E-state index in [4.69, 9.17) is 35.4 Å². The van der Waals surface area contributed by atoms with Crippen molar-refractivity contribution >= 4 is 46.5 Å². The van der Waals surface area contributed by atoms with Crippen LogP contribution < -0.4 is 0 Å². The van der Waals surface area contributed by atoms with E-state index in [2.05, 4.69) is 4.98 Å². The van der Waals surface area contributed by atoms with Gasteiger partial charge in [-0.15, -0.1) is 0 Å². The van der Waals surface area contributed by atoms with Gasteiger partial charge in [0.2, 0.25) is 0 Å². The van der Waals surface area contributed by atoms with Crippen LogP contribution >= 0.6 is 35.4 Å². The van der Waals surface area contributed by atoms with Gasteiger partial charge in [-0.2, -0.15) is 0 Å². The maximum Gasteiger partial charge on any atom is 0.184 e. The molecular formula is C13H6Cl2F2N2S. The molecule has 0 aliphatic carbocycles. The summed E-state index contributed by atoms with van der Waals surface area (Å²) in [6.45, 7) is 0. The van der Waals surface area contributed by atoms with Crippen LogP contribution in [0.1, 0.15) is 0 Å². The van der Waals surface area contributed by atoms with Gasteiger partial charge in [-0.05, 0) is 36.5 Å². The first kappa shape index (κ1) is 13.5. The van der Waals surface area contributed by atoms with E-state index in [0.29, 0.717) is 16.2 Å². The highest BCUT2D eigenvalue weighted by atomic mass is 35.5. The second-order valence-electron chi connectivity index (χ2n) is 4.10. The lowest BCUT2D eigenvalue weighted by Gasteiger charge is -2.08. The number of hydrogen-bond acceptors (Lipinski definition) is 1. The zero-order valence-corrected chi connectivity index (χ0v) is 12.1. The molecule has 2 aromatic carbocycles. The monoisotopic (exact) mass is 330 g/mol. The van der Waals surface area contributed by atoms with Crippen LogP contribution in [-0.4, -0.2) is 9.55 Å². The molecule has 1 N–H and O–H groups in total. The van der Waals surface area contributed by atoms with Crippen molar-refractivity contribution in [2.45, 2.75) is 0 Å². The van der Waals surface area contributed by atoms with Gasteiger partial charge in [0, 0.05) is 0 Å². The first-order chi connectivity index (χ1) is 9.50. The molecule has 1 aromatic heterocycles. The number of aromatic amines is 1. The molecule has 0 fully saturated rings. The quantitative estimate of drug-likeness (QED) is 0.602. The first-order valence-corrected chi connectivity index (χ1v) is 6.70. The summed E-state index contributed by atoms with van der Waals surface area (Å²) in [5.74, 6) is -1.95. The van der Waals surface area contributed by atoms with Crippen LogP contribution in [0.5, 0.6) is 0 Å². The molecule has 0 saturated carbocycles. The van der Waals surface area contributed by atoms with Crippen molar-refractivity contribution in [2.24, 2.45) is 0 Å². The molecule has 0 spiro atoms. The molecule has 7 heteroatoms. The fourth-order valence-corrected chi connectivity index (χ4v) is 2.71. The largest absolute Gasteiger partial charge is 0.330 e. The second kappa shape index (κ2) is 4.84. The summed E-state index contributed by atoms with van der Waals surface area (Å²) in [5.41, 5.74) is 0.768. The van der Waals surface area contributed by atoms with Gasteiger partial charge in [-0.25, -0.2) is 8.78 Å². The number of aromatic nitrogens is 2. The van der Waals surface area contributed by atoms with E-state index in [-0.39, 0.29) is 15.3 Å². The number of hydrogen-bond donors (Lipinski definition) is 1. The van der Waals surface area contributed by atoms with Crippen LogP contribution in [0.3, 0.4) is 0 Å². The molecule has 0 aliphatic heterocycles. The summed E-state index contributed by atoms with van der Waals surface area (Å²) in [7, 11) is 0. The zero-order valence-electron chi connectivity index (χ0n) is 9.75. The number of fused-ring (bicyclic) bond motifs is 1. The van der Waals surface area contributed by atoms with Crippen molar-refractivity contribution in [1.29, 1.82) is 0 Å². The van der Waals surface area contributed by atoms with Crippen LogP contribution in [0.2, 0.25) is 10.0 Å². The minimum absolute atomic E-state index is 0.000772. The number of imidazole rings is 1. The smallest absolute Gasteiger partial charge is 0.184 e. The number of nitrogens with zero attached hydrogens (tertiary/aromatic N) is 1. The van der Waals surface area contributed by atoms with Crippen molar-refractivity contribution in [3.05, 3.63) is 56.8 Å². The fraction of sp³-hybridized carbons (Fsp3) is 0. The highest BCUT2D eigenvalue weighted by Crippen LogP contribution is 2.32. The fourth-order valence-electron chi connectivity index (χ4n) is 2.03. The Balaban J connectivity index is 2.48. The summed E-state index contributed by atoms with van der Waals surface area (Å²) >= 11 is 17.2. The normalized spacial score (nSPS) is 11.2. The van der Waals surface area contributed by atoms with Crippen molar-refractivity contribution in [3.63, 3.8) is 0 Å². The summed E-state index contributed by atoms with van der Waals surface area (Å²) in [4.78, 5) is 2.81. The number of rotatable bonds is 1. The van der Waals surface area contributed by atoms with E-state index in [1.54, 1.807) is 18.2 Å². The number of H-pyrrole nitrogens is 1. The molecule has 0 saturated heterocycles.